The molecule has 2 aliphatic rings. The van der Waals surface area contributed by atoms with Gasteiger partial charge in [-0.2, -0.15) is 0 Å². The van der Waals surface area contributed by atoms with E-state index in [0.29, 0.717) is 22.9 Å². The smallest absolute Gasteiger partial charge is 0.282 e. The monoisotopic (exact) mass is 402 g/mol. The number of fused-ring (bicyclic) bond motifs is 1. The Bertz CT molecular complexity index is 1130. The molecule has 5 rings (SSSR count). The summed E-state index contributed by atoms with van der Waals surface area (Å²) < 4.78 is 0. The Labute approximate surface area is 174 Å². The number of nitrogens with zero attached hydrogens (tertiary/aromatic N) is 2. The second kappa shape index (κ2) is 7.16. The second-order valence-corrected chi connectivity index (χ2v) is 8.79. The van der Waals surface area contributed by atoms with Crippen molar-refractivity contribution in [3.05, 3.63) is 70.6 Å². The molecule has 4 nitrogen and oxygen atoms in total. The predicted octanol–water partition coefficient (Wildman–Crippen LogP) is 4.92. The van der Waals surface area contributed by atoms with Crippen molar-refractivity contribution in [1.82, 2.24) is 4.90 Å². The summed E-state index contributed by atoms with van der Waals surface area (Å²) in [5.41, 5.74) is 1.77. The molecule has 146 valence electrons. The Hall–Kier alpha value is -2.92. The first-order valence-electron chi connectivity index (χ1n) is 10.0. The highest BCUT2D eigenvalue weighted by molar-refractivity contribution is 7.11. The van der Waals surface area contributed by atoms with Gasteiger partial charge in [-0.25, -0.2) is 4.90 Å². The van der Waals surface area contributed by atoms with Gasteiger partial charge in [-0.05, 0) is 41.7 Å². The lowest BCUT2D eigenvalue weighted by atomic mass is 9.99. The minimum absolute atomic E-state index is 0.205. The number of piperidine rings is 1. The van der Waals surface area contributed by atoms with Gasteiger partial charge in [-0.3, -0.25) is 9.59 Å². The van der Waals surface area contributed by atoms with Crippen LogP contribution >= 0.6 is 11.3 Å². The number of likely N-dealkylation sites (tertiary alicyclic amines) is 1. The summed E-state index contributed by atoms with van der Waals surface area (Å²) in [4.78, 5) is 31.7. The van der Waals surface area contributed by atoms with E-state index in [9.17, 15) is 9.59 Å². The van der Waals surface area contributed by atoms with E-state index in [1.807, 2.05) is 60.0 Å². The van der Waals surface area contributed by atoms with Crippen LogP contribution < -0.4 is 4.90 Å². The highest BCUT2D eigenvalue weighted by Gasteiger charge is 2.43. The van der Waals surface area contributed by atoms with E-state index >= 15 is 0 Å². The number of amides is 2. The molecule has 1 atom stereocenters. The lowest BCUT2D eigenvalue weighted by Gasteiger charge is -2.33. The third-order valence-corrected chi connectivity index (χ3v) is 6.70. The van der Waals surface area contributed by atoms with Crippen molar-refractivity contribution in [1.29, 1.82) is 0 Å². The molecule has 0 radical (unpaired) electrons. The summed E-state index contributed by atoms with van der Waals surface area (Å²) in [6.07, 6.45) is 2.20. The molecule has 1 fully saturated rings. The number of carbonyl (C=O) groups is 2. The number of carbonyl (C=O) groups excluding carboxylic acids is 2. The van der Waals surface area contributed by atoms with E-state index in [0.717, 1.165) is 41.6 Å². The number of rotatable bonds is 3. The Morgan fingerprint density at radius 1 is 0.966 bits per heavy atom. The van der Waals surface area contributed by atoms with E-state index in [2.05, 4.69) is 11.8 Å². The van der Waals surface area contributed by atoms with Crippen LogP contribution in [0.2, 0.25) is 0 Å². The second-order valence-electron chi connectivity index (χ2n) is 7.84. The first-order valence-corrected chi connectivity index (χ1v) is 10.9. The van der Waals surface area contributed by atoms with Crippen molar-refractivity contribution in [3.63, 3.8) is 0 Å². The van der Waals surface area contributed by atoms with Crippen molar-refractivity contribution in [2.24, 2.45) is 5.92 Å². The van der Waals surface area contributed by atoms with Crippen LogP contribution in [-0.2, 0) is 9.59 Å². The highest BCUT2D eigenvalue weighted by atomic mass is 32.1. The van der Waals surface area contributed by atoms with Gasteiger partial charge in [-0.15, -0.1) is 11.3 Å². The Kier molecular flexibility index (Phi) is 4.47. The van der Waals surface area contributed by atoms with Crippen molar-refractivity contribution in [2.45, 2.75) is 19.8 Å². The molecule has 1 unspecified atom stereocenters. The lowest BCUT2D eigenvalue weighted by Crippen LogP contribution is -2.39. The number of hydrogen-bond donors (Lipinski definition) is 0. The van der Waals surface area contributed by atoms with Crippen LogP contribution in [0.1, 0.15) is 24.6 Å². The van der Waals surface area contributed by atoms with Crippen molar-refractivity contribution < 1.29 is 9.59 Å². The molecule has 0 aliphatic carbocycles. The minimum Gasteiger partial charge on any atom is -0.366 e. The fourth-order valence-electron chi connectivity index (χ4n) is 4.47. The van der Waals surface area contributed by atoms with Crippen LogP contribution in [-0.4, -0.2) is 29.8 Å². The van der Waals surface area contributed by atoms with Crippen LogP contribution in [0.15, 0.2) is 65.7 Å². The Balaban J connectivity index is 1.66. The maximum Gasteiger partial charge on any atom is 0.282 e. The molecule has 0 N–H and O–H groups in total. The van der Waals surface area contributed by atoms with Gasteiger partial charge in [-0.1, -0.05) is 49.4 Å². The summed E-state index contributed by atoms with van der Waals surface area (Å²) in [6, 6.07) is 17.5. The zero-order chi connectivity index (χ0) is 20.0. The molecular weight excluding hydrogens is 380 g/mol. The van der Waals surface area contributed by atoms with Crippen molar-refractivity contribution >= 4 is 45.2 Å². The molecule has 5 heteroatoms. The standard InChI is InChI=1S/C24H22N2O2S/c1-16-7-5-13-25(15-16)22-21(20-12-6-14-29-20)23(27)26(24(22)28)19-11-4-9-17-8-2-3-10-18(17)19/h2-4,6,8-12,14,16H,5,7,13,15H2,1H3. The lowest BCUT2D eigenvalue weighted by molar-refractivity contribution is -0.120. The van der Waals surface area contributed by atoms with Gasteiger partial charge in [0.05, 0.1) is 11.3 Å². The molecule has 2 aromatic carbocycles. The molecule has 1 aromatic heterocycles. The van der Waals surface area contributed by atoms with Crippen LogP contribution in [0.3, 0.4) is 0 Å². The van der Waals surface area contributed by atoms with Gasteiger partial charge in [0.2, 0.25) is 0 Å². The third-order valence-electron chi connectivity index (χ3n) is 5.81. The number of thiophene rings is 1. The molecular formula is C24H22N2O2S. The maximum atomic E-state index is 13.7. The van der Waals surface area contributed by atoms with Gasteiger partial charge in [0.15, 0.2) is 0 Å². The van der Waals surface area contributed by atoms with E-state index in [-0.39, 0.29) is 11.8 Å². The Morgan fingerprint density at radius 3 is 2.59 bits per heavy atom. The zero-order valence-electron chi connectivity index (χ0n) is 16.3. The van der Waals surface area contributed by atoms with E-state index in [1.54, 1.807) is 0 Å². The van der Waals surface area contributed by atoms with Crippen LogP contribution in [0.4, 0.5) is 5.69 Å². The Morgan fingerprint density at radius 2 is 1.79 bits per heavy atom. The molecule has 2 amide bonds. The van der Waals surface area contributed by atoms with E-state index in [4.69, 9.17) is 0 Å². The summed E-state index contributed by atoms with van der Waals surface area (Å²) in [7, 11) is 0. The first kappa shape index (κ1) is 18.1. The largest absolute Gasteiger partial charge is 0.366 e. The van der Waals surface area contributed by atoms with E-state index in [1.165, 1.54) is 16.2 Å². The van der Waals surface area contributed by atoms with Gasteiger partial charge in [0, 0.05) is 23.4 Å². The SMILES string of the molecule is CC1CCCN(C2=C(c3cccs3)C(=O)N(c3cccc4ccccc34)C2=O)C1. The van der Waals surface area contributed by atoms with Crippen LogP contribution in [0.25, 0.3) is 16.3 Å². The van der Waals surface area contributed by atoms with Gasteiger partial charge < -0.3 is 4.90 Å². The molecule has 1 saturated heterocycles. The maximum absolute atomic E-state index is 13.7. The molecule has 3 heterocycles. The average Bonchev–Trinajstić information content (AvgIpc) is 3.34. The van der Waals surface area contributed by atoms with Crippen LogP contribution in [0, 0.1) is 5.92 Å². The normalized spacial score (nSPS) is 20.2. The quantitative estimate of drug-likeness (QED) is 0.584. The van der Waals surface area contributed by atoms with Crippen molar-refractivity contribution in [3.8, 4) is 0 Å². The number of anilines is 1. The van der Waals surface area contributed by atoms with Crippen LogP contribution in [0.5, 0.6) is 0 Å². The summed E-state index contributed by atoms with van der Waals surface area (Å²) >= 11 is 1.51. The minimum atomic E-state index is -0.220. The third kappa shape index (κ3) is 2.97. The molecule has 3 aromatic rings. The van der Waals surface area contributed by atoms with Gasteiger partial charge in [0.1, 0.15) is 5.70 Å². The number of benzene rings is 2. The van der Waals surface area contributed by atoms with Gasteiger partial charge >= 0.3 is 0 Å². The average molecular weight is 403 g/mol. The summed E-state index contributed by atoms with van der Waals surface area (Å²) in [6.45, 7) is 3.84. The highest BCUT2D eigenvalue weighted by Crippen LogP contribution is 2.39. The summed E-state index contributed by atoms with van der Waals surface area (Å²) in [5, 5.41) is 3.88. The summed E-state index contributed by atoms with van der Waals surface area (Å²) in [5.74, 6) is 0.0845. The predicted molar refractivity (Wildman–Crippen MR) is 118 cm³/mol. The molecule has 0 bridgehead atoms. The number of imide groups is 1. The first-order chi connectivity index (χ1) is 14.1. The molecule has 0 spiro atoms. The molecule has 2 aliphatic heterocycles. The van der Waals surface area contributed by atoms with E-state index < -0.39 is 0 Å². The molecule has 0 saturated carbocycles. The fraction of sp³-hybridized carbons (Fsp3) is 0.250. The van der Waals surface area contributed by atoms with Crippen molar-refractivity contribution in [2.75, 3.05) is 18.0 Å². The topological polar surface area (TPSA) is 40.6 Å². The molecule has 29 heavy (non-hydrogen) atoms. The fourth-order valence-corrected chi connectivity index (χ4v) is 5.23. The zero-order valence-corrected chi connectivity index (χ0v) is 17.1. The van der Waals surface area contributed by atoms with Gasteiger partial charge in [0.25, 0.3) is 11.8 Å². The number of hydrogen-bond acceptors (Lipinski definition) is 4.